The first-order chi connectivity index (χ1) is 13.4. The highest BCUT2D eigenvalue weighted by Crippen LogP contribution is 2.22. The number of carbonyl (C=O) groups excluding carboxylic acids is 1. The maximum Gasteiger partial charge on any atom is 0.261 e. The van der Waals surface area contributed by atoms with Crippen LogP contribution in [-0.4, -0.2) is 31.0 Å². The predicted molar refractivity (Wildman–Crippen MR) is 106 cm³/mol. The fraction of sp³-hybridized carbons (Fsp3) is 0.150. The van der Waals surface area contributed by atoms with Crippen LogP contribution in [-0.2, 0) is 10.0 Å². The van der Waals surface area contributed by atoms with Gasteiger partial charge >= 0.3 is 0 Å². The molecule has 0 spiro atoms. The Bertz CT molecular complexity index is 1060. The first-order valence-corrected chi connectivity index (χ1v) is 10.1. The van der Waals surface area contributed by atoms with Gasteiger partial charge in [-0.25, -0.2) is 8.42 Å². The van der Waals surface area contributed by atoms with Crippen molar-refractivity contribution >= 4 is 21.5 Å². The highest BCUT2D eigenvalue weighted by molar-refractivity contribution is 7.92. The van der Waals surface area contributed by atoms with Crippen molar-refractivity contribution in [2.24, 2.45) is 0 Å². The van der Waals surface area contributed by atoms with Crippen molar-refractivity contribution in [3.8, 4) is 17.1 Å². The van der Waals surface area contributed by atoms with E-state index in [9.17, 15) is 13.2 Å². The van der Waals surface area contributed by atoms with Crippen molar-refractivity contribution in [2.75, 3.05) is 11.3 Å². The highest BCUT2D eigenvalue weighted by atomic mass is 32.2. The summed E-state index contributed by atoms with van der Waals surface area (Å²) in [7, 11) is -3.75. The van der Waals surface area contributed by atoms with E-state index in [4.69, 9.17) is 4.74 Å². The molecule has 3 rings (SSSR count). The third-order valence-electron chi connectivity index (χ3n) is 3.94. The van der Waals surface area contributed by atoms with Crippen LogP contribution in [0.4, 0.5) is 5.69 Å². The zero-order valence-corrected chi connectivity index (χ0v) is 16.2. The standard InChI is InChI=1S/C20H19N3O4S/c1-3-27-20-13-12-19(21-22-20)16-4-8-17(9-5-16)23-28(25,26)18-10-6-15(7-11-18)14(2)24/h4-13,23H,3H2,1-2H3. The second-order valence-electron chi connectivity index (χ2n) is 5.95. The van der Waals surface area contributed by atoms with E-state index in [-0.39, 0.29) is 10.7 Å². The van der Waals surface area contributed by atoms with E-state index in [1.807, 2.05) is 6.92 Å². The van der Waals surface area contributed by atoms with E-state index < -0.39 is 10.0 Å². The third-order valence-corrected chi connectivity index (χ3v) is 5.33. The number of rotatable bonds is 7. The van der Waals surface area contributed by atoms with Gasteiger partial charge in [0.1, 0.15) is 0 Å². The van der Waals surface area contributed by atoms with Crippen LogP contribution in [0.5, 0.6) is 5.88 Å². The molecule has 0 fully saturated rings. The monoisotopic (exact) mass is 397 g/mol. The molecule has 0 radical (unpaired) electrons. The van der Waals surface area contributed by atoms with Gasteiger partial charge in [0, 0.05) is 22.9 Å². The highest BCUT2D eigenvalue weighted by Gasteiger charge is 2.14. The minimum Gasteiger partial charge on any atom is -0.477 e. The van der Waals surface area contributed by atoms with Crippen molar-refractivity contribution < 1.29 is 17.9 Å². The van der Waals surface area contributed by atoms with Crippen molar-refractivity contribution in [3.63, 3.8) is 0 Å². The summed E-state index contributed by atoms with van der Waals surface area (Å²) in [5, 5.41) is 8.08. The molecule has 1 heterocycles. The number of carbonyl (C=O) groups is 1. The summed E-state index contributed by atoms with van der Waals surface area (Å²) < 4.78 is 32.8. The minimum atomic E-state index is -3.75. The summed E-state index contributed by atoms with van der Waals surface area (Å²) in [5.74, 6) is 0.330. The molecule has 0 amide bonds. The molecule has 0 atom stereocenters. The van der Waals surface area contributed by atoms with Crippen LogP contribution in [0, 0.1) is 0 Å². The Balaban J connectivity index is 1.75. The predicted octanol–water partition coefficient (Wildman–Crippen LogP) is 3.55. The van der Waals surface area contributed by atoms with Crippen LogP contribution in [0.3, 0.4) is 0 Å². The molecule has 8 heteroatoms. The summed E-state index contributed by atoms with van der Waals surface area (Å²) in [4.78, 5) is 11.4. The van der Waals surface area contributed by atoms with E-state index in [0.717, 1.165) is 5.56 Å². The van der Waals surface area contributed by atoms with Gasteiger partial charge in [-0.05, 0) is 44.2 Å². The number of anilines is 1. The van der Waals surface area contributed by atoms with Crippen LogP contribution < -0.4 is 9.46 Å². The molecule has 2 aromatic carbocycles. The number of ketones is 1. The van der Waals surface area contributed by atoms with Gasteiger partial charge < -0.3 is 4.74 Å². The quantitative estimate of drug-likeness (QED) is 0.612. The normalized spacial score (nSPS) is 11.1. The molecule has 1 N–H and O–H groups in total. The van der Waals surface area contributed by atoms with Crippen molar-refractivity contribution in [1.82, 2.24) is 10.2 Å². The van der Waals surface area contributed by atoms with Gasteiger partial charge in [0.15, 0.2) is 5.78 Å². The van der Waals surface area contributed by atoms with Crippen LogP contribution in [0.2, 0.25) is 0 Å². The van der Waals surface area contributed by atoms with Gasteiger partial charge in [0.2, 0.25) is 5.88 Å². The van der Waals surface area contributed by atoms with E-state index in [2.05, 4.69) is 14.9 Å². The zero-order valence-electron chi connectivity index (χ0n) is 15.4. The van der Waals surface area contributed by atoms with E-state index in [0.29, 0.717) is 29.4 Å². The number of nitrogens with zero attached hydrogens (tertiary/aromatic N) is 2. The van der Waals surface area contributed by atoms with E-state index in [1.165, 1.54) is 31.2 Å². The van der Waals surface area contributed by atoms with Crippen LogP contribution >= 0.6 is 0 Å². The molecule has 7 nitrogen and oxygen atoms in total. The van der Waals surface area contributed by atoms with Crippen LogP contribution in [0.15, 0.2) is 65.6 Å². The largest absolute Gasteiger partial charge is 0.477 e. The Morgan fingerprint density at radius 3 is 2.18 bits per heavy atom. The number of sulfonamides is 1. The SMILES string of the molecule is CCOc1ccc(-c2ccc(NS(=O)(=O)c3ccc(C(C)=O)cc3)cc2)nn1. The molecular weight excluding hydrogens is 378 g/mol. The van der Waals surface area contributed by atoms with Gasteiger partial charge in [0.25, 0.3) is 10.0 Å². The number of aromatic nitrogens is 2. The van der Waals surface area contributed by atoms with E-state index in [1.54, 1.807) is 36.4 Å². The van der Waals surface area contributed by atoms with Gasteiger partial charge in [-0.2, -0.15) is 0 Å². The molecule has 0 aliphatic carbocycles. The molecule has 0 saturated carbocycles. The Morgan fingerprint density at radius 1 is 0.964 bits per heavy atom. The molecule has 0 bridgehead atoms. The maximum atomic E-state index is 12.5. The number of Topliss-reactive ketones (excluding diaryl/α,β-unsaturated/α-hetero) is 1. The number of ether oxygens (including phenoxy) is 1. The first-order valence-electron chi connectivity index (χ1n) is 8.60. The lowest BCUT2D eigenvalue weighted by Crippen LogP contribution is -2.13. The summed E-state index contributed by atoms with van der Waals surface area (Å²) >= 11 is 0. The fourth-order valence-corrected chi connectivity index (χ4v) is 3.55. The van der Waals surface area contributed by atoms with E-state index >= 15 is 0 Å². The van der Waals surface area contributed by atoms with Gasteiger partial charge in [-0.3, -0.25) is 9.52 Å². The van der Waals surface area contributed by atoms with Crippen LogP contribution in [0.25, 0.3) is 11.3 Å². The fourth-order valence-electron chi connectivity index (χ4n) is 2.49. The van der Waals surface area contributed by atoms with Crippen molar-refractivity contribution in [2.45, 2.75) is 18.7 Å². The smallest absolute Gasteiger partial charge is 0.261 e. The van der Waals surface area contributed by atoms with Gasteiger partial charge in [0.05, 0.1) is 17.2 Å². The molecule has 28 heavy (non-hydrogen) atoms. The number of hydrogen-bond donors (Lipinski definition) is 1. The Hall–Kier alpha value is -3.26. The van der Waals surface area contributed by atoms with Gasteiger partial charge in [-0.15, -0.1) is 10.2 Å². The molecule has 0 aliphatic rings. The minimum absolute atomic E-state index is 0.0824. The molecule has 144 valence electrons. The third kappa shape index (κ3) is 4.52. The van der Waals surface area contributed by atoms with Crippen molar-refractivity contribution in [1.29, 1.82) is 0 Å². The number of benzene rings is 2. The molecule has 0 saturated heterocycles. The van der Waals surface area contributed by atoms with Gasteiger partial charge in [-0.1, -0.05) is 24.3 Å². The zero-order chi connectivity index (χ0) is 20.1. The number of nitrogens with one attached hydrogen (secondary N) is 1. The Labute approximate surface area is 163 Å². The lowest BCUT2D eigenvalue weighted by atomic mass is 10.1. The second-order valence-corrected chi connectivity index (χ2v) is 7.64. The summed E-state index contributed by atoms with van der Waals surface area (Å²) in [6.07, 6.45) is 0. The first kappa shape index (κ1) is 19.5. The second kappa shape index (κ2) is 8.18. The average molecular weight is 397 g/mol. The molecular formula is C20H19N3O4S. The molecule has 0 unspecified atom stereocenters. The maximum absolute atomic E-state index is 12.5. The lowest BCUT2D eigenvalue weighted by Gasteiger charge is -2.09. The molecule has 0 aliphatic heterocycles. The lowest BCUT2D eigenvalue weighted by molar-refractivity contribution is 0.101. The summed E-state index contributed by atoms with van der Waals surface area (Å²) in [6.45, 7) is 3.81. The summed E-state index contributed by atoms with van der Waals surface area (Å²) in [6, 6.07) is 16.1. The molecule has 3 aromatic rings. The average Bonchev–Trinajstić information content (AvgIpc) is 2.69. The van der Waals surface area contributed by atoms with Crippen LogP contribution in [0.1, 0.15) is 24.2 Å². The number of hydrogen-bond acceptors (Lipinski definition) is 6. The Morgan fingerprint density at radius 2 is 1.64 bits per heavy atom. The topological polar surface area (TPSA) is 98.2 Å². The van der Waals surface area contributed by atoms with Crippen molar-refractivity contribution in [3.05, 3.63) is 66.2 Å². The summed E-state index contributed by atoms with van der Waals surface area (Å²) in [5.41, 5.74) is 2.32. The Kier molecular flexibility index (Phi) is 5.70. The molecule has 1 aromatic heterocycles.